The zero-order valence-electron chi connectivity index (χ0n) is 12.5. The van der Waals surface area contributed by atoms with Crippen LogP contribution in [0, 0.1) is 0 Å². The first-order valence-electron chi connectivity index (χ1n) is 7.55. The van der Waals surface area contributed by atoms with Gasteiger partial charge in [0.05, 0.1) is 25.3 Å². The average Bonchev–Trinajstić information content (AvgIpc) is 2.64. The molecule has 0 spiro atoms. The molecule has 5 nitrogen and oxygen atoms in total. The molecule has 0 bridgehead atoms. The van der Waals surface area contributed by atoms with Gasteiger partial charge in [-0.2, -0.15) is 0 Å². The Hall–Kier alpha value is -1.59. The Morgan fingerprint density at radius 2 is 2.00 bits per heavy atom. The van der Waals surface area contributed by atoms with Gasteiger partial charge < -0.3 is 14.4 Å². The average molecular weight is 290 g/mol. The van der Waals surface area contributed by atoms with Crippen LogP contribution in [0.1, 0.15) is 16.8 Å². The molecule has 114 valence electrons. The molecule has 0 saturated carbocycles. The van der Waals surface area contributed by atoms with Gasteiger partial charge in [-0.25, -0.2) is 0 Å². The summed E-state index contributed by atoms with van der Waals surface area (Å²) in [4.78, 5) is 16.5. The lowest BCUT2D eigenvalue weighted by Gasteiger charge is -2.28. The summed E-state index contributed by atoms with van der Waals surface area (Å²) < 4.78 is 11.4. The Morgan fingerprint density at radius 3 is 2.81 bits per heavy atom. The number of likely N-dealkylation sites (N-methyl/N-ethyl adjacent to an activating group) is 1. The lowest BCUT2D eigenvalue weighted by atomic mass is 10.2. The molecule has 5 heteroatoms. The van der Waals surface area contributed by atoms with E-state index >= 15 is 0 Å². The van der Waals surface area contributed by atoms with Crippen molar-refractivity contribution in [2.24, 2.45) is 0 Å². The summed E-state index contributed by atoms with van der Waals surface area (Å²) in [6, 6.07) is 7.51. The first kappa shape index (κ1) is 14.4. The molecule has 0 radical (unpaired) electrons. The fraction of sp³-hybridized carbons (Fsp3) is 0.562. The van der Waals surface area contributed by atoms with Gasteiger partial charge in [0.1, 0.15) is 11.9 Å². The summed E-state index contributed by atoms with van der Waals surface area (Å²) in [7, 11) is 1.84. The number of nitrogens with zero attached hydrogens (tertiary/aromatic N) is 2. The number of hydrogen-bond acceptors (Lipinski definition) is 4. The van der Waals surface area contributed by atoms with E-state index in [1.54, 1.807) is 4.90 Å². The number of amides is 1. The molecular formula is C16H22N2O3. The molecule has 3 rings (SSSR count). The van der Waals surface area contributed by atoms with Crippen LogP contribution in [0.25, 0.3) is 0 Å². The zero-order valence-corrected chi connectivity index (χ0v) is 12.5. The van der Waals surface area contributed by atoms with Crippen LogP contribution >= 0.6 is 0 Å². The maximum absolute atomic E-state index is 12.3. The van der Waals surface area contributed by atoms with Crippen LogP contribution in [-0.4, -0.2) is 68.3 Å². The second-order valence-electron chi connectivity index (χ2n) is 5.66. The van der Waals surface area contributed by atoms with Gasteiger partial charge in [0.15, 0.2) is 0 Å². The van der Waals surface area contributed by atoms with E-state index in [1.807, 2.05) is 31.3 Å². The number of hydrogen-bond donors (Lipinski definition) is 0. The molecule has 0 aliphatic carbocycles. The van der Waals surface area contributed by atoms with Gasteiger partial charge in [0, 0.05) is 26.7 Å². The standard InChI is InChI=1S/C16H22N2O3/c1-17-12-13(6-7-18-8-10-20-11-9-18)21-15-5-3-2-4-14(15)16(17)19/h2-5,13H,6-12H2,1H3. The van der Waals surface area contributed by atoms with Gasteiger partial charge in [-0.05, 0) is 18.6 Å². The quantitative estimate of drug-likeness (QED) is 0.840. The van der Waals surface area contributed by atoms with Crippen LogP contribution in [0.15, 0.2) is 24.3 Å². The highest BCUT2D eigenvalue weighted by Crippen LogP contribution is 2.25. The van der Waals surface area contributed by atoms with Crippen molar-refractivity contribution in [3.8, 4) is 5.75 Å². The summed E-state index contributed by atoms with van der Waals surface area (Å²) in [5.41, 5.74) is 0.661. The number of fused-ring (bicyclic) bond motifs is 1. The highest BCUT2D eigenvalue weighted by Gasteiger charge is 2.26. The summed E-state index contributed by atoms with van der Waals surface area (Å²) in [5.74, 6) is 0.748. The Balaban J connectivity index is 1.65. The molecular weight excluding hydrogens is 268 g/mol. The van der Waals surface area contributed by atoms with Crippen molar-refractivity contribution in [2.75, 3.05) is 46.4 Å². The molecule has 2 aliphatic heterocycles. The Morgan fingerprint density at radius 1 is 1.24 bits per heavy atom. The summed E-state index contributed by atoms with van der Waals surface area (Å²) >= 11 is 0. The monoisotopic (exact) mass is 290 g/mol. The van der Waals surface area contributed by atoms with Crippen molar-refractivity contribution in [3.63, 3.8) is 0 Å². The third-order valence-corrected chi connectivity index (χ3v) is 4.11. The van der Waals surface area contributed by atoms with E-state index in [0.29, 0.717) is 17.9 Å². The number of benzene rings is 1. The van der Waals surface area contributed by atoms with E-state index < -0.39 is 0 Å². The van der Waals surface area contributed by atoms with Crippen molar-refractivity contribution >= 4 is 5.91 Å². The number of ether oxygens (including phenoxy) is 2. The fourth-order valence-electron chi connectivity index (χ4n) is 2.86. The van der Waals surface area contributed by atoms with Gasteiger partial charge in [-0.15, -0.1) is 0 Å². The van der Waals surface area contributed by atoms with Crippen LogP contribution in [0.5, 0.6) is 5.75 Å². The number of carbonyl (C=O) groups excluding carboxylic acids is 1. The maximum Gasteiger partial charge on any atom is 0.257 e. The molecule has 21 heavy (non-hydrogen) atoms. The van der Waals surface area contributed by atoms with Gasteiger partial charge in [-0.1, -0.05) is 12.1 Å². The first-order chi connectivity index (χ1) is 10.2. The highest BCUT2D eigenvalue weighted by molar-refractivity contribution is 5.97. The normalized spacial score (nSPS) is 23.4. The topological polar surface area (TPSA) is 42.0 Å². The fourth-order valence-corrected chi connectivity index (χ4v) is 2.86. The smallest absolute Gasteiger partial charge is 0.257 e. The van der Waals surface area contributed by atoms with E-state index in [4.69, 9.17) is 9.47 Å². The SMILES string of the molecule is CN1CC(CCN2CCOCC2)Oc2ccccc2C1=O. The Labute approximate surface area is 125 Å². The van der Waals surface area contributed by atoms with Crippen LogP contribution in [0.4, 0.5) is 0 Å². The molecule has 1 aromatic carbocycles. The largest absolute Gasteiger partial charge is 0.488 e. The van der Waals surface area contributed by atoms with E-state index in [-0.39, 0.29) is 12.0 Å². The van der Waals surface area contributed by atoms with E-state index in [2.05, 4.69) is 4.90 Å². The molecule has 1 atom stereocenters. The van der Waals surface area contributed by atoms with Crippen LogP contribution in [0.2, 0.25) is 0 Å². The summed E-state index contributed by atoms with van der Waals surface area (Å²) in [6.45, 7) is 5.21. The minimum Gasteiger partial charge on any atom is -0.488 e. The highest BCUT2D eigenvalue weighted by atomic mass is 16.5. The number of morpholine rings is 1. The number of rotatable bonds is 3. The molecule has 0 N–H and O–H groups in total. The number of para-hydroxylation sites is 1. The zero-order chi connectivity index (χ0) is 14.7. The number of carbonyl (C=O) groups is 1. The molecule has 1 amide bonds. The minimum atomic E-state index is 0.0412. The van der Waals surface area contributed by atoms with Crippen LogP contribution in [0.3, 0.4) is 0 Å². The van der Waals surface area contributed by atoms with Crippen molar-refractivity contribution in [2.45, 2.75) is 12.5 Å². The van der Waals surface area contributed by atoms with Crippen LogP contribution < -0.4 is 4.74 Å². The predicted molar refractivity (Wildman–Crippen MR) is 79.7 cm³/mol. The van der Waals surface area contributed by atoms with Crippen molar-refractivity contribution in [3.05, 3.63) is 29.8 Å². The second kappa shape index (κ2) is 6.45. The first-order valence-corrected chi connectivity index (χ1v) is 7.55. The lowest BCUT2D eigenvalue weighted by molar-refractivity contribution is 0.0305. The van der Waals surface area contributed by atoms with E-state index in [0.717, 1.165) is 39.3 Å². The van der Waals surface area contributed by atoms with Gasteiger partial charge >= 0.3 is 0 Å². The van der Waals surface area contributed by atoms with Crippen molar-refractivity contribution < 1.29 is 14.3 Å². The van der Waals surface area contributed by atoms with Crippen LogP contribution in [-0.2, 0) is 4.74 Å². The summed E-state index contributed by atoms with van der Waals surface area (Å²) in [5, 5.41) is 0. The van der Waals surface area contributed by atoms with E-state index in [1.165, 1.54) is 0 Å². The molecule has 1 fully saturated rings. The third-order valence-electron chi connectivity index (χ3n) is 4.11. The molecule has 2 heterocycles. The van der Waals surface area contributed by atoms with Crippen molar-refractivity contribution in [1.29, 1.82) is 0 Å². The summed E-state index contributed by atoms with van der Waals surface area (Å²) in [6.07, 6.45) is 0.969. The van der Waals surface area contributed by atoms with Gasteiger partial charge in [-0.3, -0.25) is 9.69 Å². The predicted octanol–water partition coefficient (Wildman–Crippen LogP) is 1.24. The minimum absolute atomic E-state index is 0.0412. The second-order valence-corrected chi connectivity index (χ2v) is 5.66. The lowest BCUT2D eigenvalue weighted by Crippen LogP contribution is -2.40. The Bertz CT molecular complexity index is 500. The molecule has 0 aromatic heterocycles. The van der Waals surface area contributed by atoms with Gasteiger partial charge in [0.25, 0.3) is 5.91 Å². The molecule has 2 aliphatic rings. The van der Waals surface area contributed by atoms with Crippen molar-refractivity contribution in [1.82, 2.24) is 9.80 Å². The Kier molecular flexibility index (Phi) is 4.41. The maximum atomic E-state index is 12.3. The molecule has 1 saturated heterocycles. The van der Waals surface area contributed by atoms with Gasteiger partial charge in [0.2, 0.25) is 0 Å². The molecule has 1 unspecified atom stereocenters. The molecule has 1 aromatic rings. The van der Waals surface area contributed by atoms with E-state index in [9.17, 15) is 4.79 Å². The third kappa shape index (κ3) is 3.36.